The van der Waals surface area contributed by atoms with E-state index in [0.717, 1.165) is 21.3 Å². The van der Waals surface area contributed by atoms with Crippen molar-refractivity contribution in [3.05, 3.63) is 103 Å². The molecule has 2 aromatic carbocycles. The smallest absolute Gasteiger partial charge is 0.259 e. The number of allylic oxidation sites excluding steroid dienone is 1. The van der Waals surface area contributed by atoms with E-state index in [9.17, 15) is 10.1 Å². The van der Waals surface area contributed by atoms with E-state index in [-0.39, 0.29) is 17.0 Å². The molecule has 0 aliphatic carbocycles. The van der Waals surface area contributed by atoms with Crippen molar-refractivity contribution in [2.24, 2.45) is 5.73 Å². The molecule has 0 radical (unpaired) electrons. The van der Waals surface area contributed by atoms with Crippen LogP contribution in [0.5, 0.6) is 11.5 Å². The van der Waals surface area contributed by atoms with Gasteiger partial charge in [0.05, 0.1) is 25.1 Å². The molecule has 1 aliphatic rings. The second kappa shape index (κ2) is 8.56. The molecule has 3 aromatic rings. The van der Waals surface area contributed by atoms with Crippen molar-refractivity contribution in [3.63, 3.8) is 0 Å². The summed E-state index contributed by atoms with van der Waals surface area (Å²) < 4.78 is 13.8. The molecule has 1 atom stereocenters. The van der Waals surface area contributed by atoms with Crippen LogP contribution in [0.2, 0.25) is 0 Å². The first kappa shape index (κ1) is 21.7. The lowest BCUT2D eigenvalue weighted by Crippen LogP contribution is -2.33. The van der Waals surface area contributed by atoms with Gasteiger partial charge in [-0.25, -0.2) is 0 Å². The minimum Gasteiger partial charge on any atom is -0.496 e. The van der Waals surface area contributed by atoms with Crippen LogP contribution in [-0.4, -0.2) is 11.7 Å². The van der Waals surface area contributed by atoms with Crippen molar-refractivity contribution in [2.75, 3.05) is 7.11 Å². The molecule has 2 N–H and O–H groups in total. The average molecular weight is 492 g/mol. The Kier molecular flexibility index (Phi) is 5.81. The summed E-state index contributed by atoms with van der Waals surface area (Å²) in [5.41, 5.74) is 9.98. The lowest BCUT2D eigenvalue weighted by Gasteiger charge is -2.28. The first-order valence-corrected chi connectivity index (χ1v) is 10.8. The van der Waals surface area contributed by atoms with Crippen molar-refractivity contribution >= 4 is 15.9 Å². The van der Waals surface area contributed by atoms with Crippen LogP contribution < -0.4 is 20.8 Å². The number of hydrogen-bond acceptors (Lipinski definition) is 5. The molecular weight excluding hydrogens is 470 g/mol. The van der Waals surface area contributed by atoms with Crippen LogP contribution in [0.25, 0.3) is 0 Å². The van der Waals surface area contributed by atoms with Gasteiger partial charge in [-0.2, -0.15) is 5.26 Å². The van der Waals surface area contributed by atoms with Gasteiger partial charge in [0.15, 0.2) is 0 Å². The number of rotatable bonds is 4. The highest BCUT2D eigenvalue weighted by molar-refractivity contribution is 9.10. The van der Waals surface area contributed by atoms with Crippen molar-refractivity contribution in [2.45, 2.75) is 26.3 Å². The molecule has 0 saturated carbocycles. The first-order chi connectivity index (χ1) is 15.3. The molecule has 0 saturated heterocycles. The fourth-order valence-electron chi connectivity index (χ4n) is 4.00. The topological polar surface area (TPSA) is 90.3 Å². The number of nitriles is 1. The Hall–Kier alpha value is -3.50. The zero-order valence-electron chi connectivity index (χ0n) is 18.0. The Bertz CT molecular complexity index is 1330. The average Bonchev–Trinajstić information content (AvgIpc) is 2.77. The minimum atomic E-state index is -0.714. The Morgan fingerprint density at radius 2 is 1.91 bits per heavy atom. The number of ether oxygens (including phenoxy) is 2. The fraction of sp³-hybridized carbons (Fsp3) is 0.200. The lowest BCUT2D eigenvalue weighted by atomic mass is 9.83. The van der Waals surface area contributed by atoms with E-state index < -0.39 is 5.92 Å². The number of methoxy groups -OCH3 is 1. The van der Waals surface area contributed by atoms with Crippen LogP contribution in [0.1, 0.15) is 33.9 Å². The highest BCUT2D eigenvalue weighted by Gasteiger charge is 2.36. The van der Waals surface area contributed by atoms with E-state index >= 15 is 0 Å². The third-order valence-electron chi connectivity index (χ3n) is 5.65. The zero-order chi connectivity index (χ0) is 23.0. The number of nitrogens with zero attached hydrogens (tertiary/aromatic N) is 2. The predicted octanol–water partition coefficient (Wildman–Crippen LogP) is 4.50. The van der Waals surface area contributed by atoms with E-state index in [1.165, 1.54) is 0 Å². The number of benzene rings is 2. The number of pyridine rings is 1. The van der Waals surface area contributed by atoms with Crippen molar-refractivity contribution in [1.29, 1.82) is 5.26 Å². The number of aromatic nitrogens is 1. The molecule has 4 rings (SSSR count). The largest absolute Gasteiger partial charge is 0.496 e. The normalized spacial score (nSPS) is 15.0. The third kappa shape index (κ3) is 3.78. The second-order valence-corrected chi connectivity index (χ2v) is 8.67. The fourth-order valence-corrected chi connectivity index (χ4v) is 4.38. The maximum absolute atomic E-state index is 13.8. The van der Waals surface area contributed by atoms with Crippen LogP contribution in [0.4, 0.5) is 0 Å². The summed E-state index contributed by atoms with van der Waals surface area (Å²) in [6, 6.07) is 17.5. The van der Waals surface area contributed by atoms with Gasteiger partial charge in [-0.3, -0.25) is 4.79 Å². The number of aryl methyl sites for hydroxylation is 2. The molecule has 0 amide bonds. The Balaban J connectivity index is 1.96. The zero-order valence-corrected chi connectivity index (χ0v) is 19.6. The van der Waals surface area contributed by atoms with Crippen molar-refractivity contribution in [1.82, 2.24) is 4.57 Å². The molecule has 1 aliphatic heterocycles. The summed E-state index contributed by atoms with van der Waals surface area (Å²) in [5.74, 6) is 0.184. The summed E-state index contributed by atoms with van der Waals surface area (Å²) in [4.78, 5) is 13.8. The van der Waals surface area contributed by atoms with Gasteiger partial charge >= 0.3 is 0 Å². The Morgan fingerprint density at radius 3 is 2.56 bits per heavy atom. The van der Waals surface area contributed by atoms with E-state index in [4.69, 9.17) is 15.2 Å². The summed E-state index contributed by atoms with van der Waals surface area (Å²) in [5, 5.41) is 9.90. The Labute approximate surface area is 194 Å². The standard InChI is InChI=1S/C25H22BrN3O3/c1-14-4-6-16(7-5-14)13-29-15(2)10-21-23(25(29)30)22(19(12-27)24(28)32-21)18-11-17(26)8-9-20(18)31-3/h4-11,22H,13,28H2,1-3H3. The van der Waals surface area contributed by atoms with Crippen LogP contribution in [0.15, 0.2) is 69.3 Å². The monoisotopic (exact) mass is 491 g/mol. The van der Waals surface area contributed by atoms with E-state index in [1.807, 2.05) is 50.2 Å². The quantitative estimate of drug-likeness (QED) is 0.579. The summed E-state index contributed by atoms with van der Waals surface area (Å²) in [7, 11) is 1.55. The highest BCUT2D eigenvalue weighted by atomic mass is 79.9. The summed E-state index contributed by atoms with van der Waals surface area (Å²) in [6.45, 7) is 4.28. The molecule has 32 heavy (non-hydrogen) atoms. The predicted molar refractivity (Wildman–Crippen MR) is 126 cm³/mol. The lowest BCUT2D eigenvalue weighted by molar-refractivity contribution is 0.382. The third-order valence-corrected chi connectivity index (χ3v) is 6.15. The number of nitrogens with two attached hydrogens (primary N) is 1. The van der Waals surface area contributed by atoms with Gasteiger partial charge in [0.2, 0.25) is 5.88 Å². The molecule has 6 nitrogen and oxygen atoms in total. The molecule has 2 heterocycles. The van der Waals surface area contributed by atoms with Crippen LogP contribution in [0, 0.1) is 25.2 Å². The van der Waals surface area contributed by atoms with Crippen LogP contribution >= 0.6 is 15.9 Å². The van der Waals surface area contributed by atoms with E-state index in [0.29, 0.717) is 29.2 Å². The first-order valence-electron chi connectivity index (χ1n) is 10.0. The van der Waals surface area contributed by atoms with Gasteiger partial charge in [-0.05, 0) is 37.6 Å². The molecule has 162 valence electrons. The molecule has 0 bridgehead atoms. The molecule has 7 heteroatoms. The van der Waals surface area contributed by atoms with Gasteiger partial charge < -0.3 is 19.8 Å². The minimum absolute atomic E-state index is 0.0119. The van der Waals surface area contributed by atoms with Gasteiger partial charge in [0.1, 0.15) is 23.1 Å². The van der Waals surface area contributed by atoms with Crippen LogP contribution in [-0.2, 0) is 6.54 Å². The van der Waals surface area contributed by atoms with E-state index in [1.54, 1.807) is 23.8 Å². The molecule has 1 aromatic heterocycles. The number of hydrogen-bond donors (Lipinski definition) is 1. The number of halogens is 1. The number of fused-ring (bicyclic) bond motifs is 1. The second-order valence-electron chi connectivity index (χ2n) is 7.75. The SMILES string of the molecule is COc1ccc(Br)cc1C1C(C#N)=C(N)Oc2cc(C)n(Cc3ccc(C)cc3)c(=O)c21. The molecule has 0 spiro atoms. The molecular formula is C25H22BrN3O3. The van der Waals surface area contributed by atoms with Crippen molar-refractivity contribution in [3.8, 4) is 17.6 Å². The molecule has 0 fully saturated rings. The van der Waals surface area contributed by atoms with Gasteiger partial charge in [0, 0.05) is 21.8 Å². The Morgan fingerprint density at radius 1 is 1.19 bits per heavy atom. The highest BCUT2D eigenvalue weighted by Crippen LogP contribution is 2.44. The molecule has 1 unspecified atom stereocenters. The van der Waals surface area contributed by atoms with Gasteiger partial charge in [0.25, 0.3) is 5.56 Å². The van der Waals surface area contributed by atoms with Crippen molar-refractivity contribution < 1.29 is 9.47 Å². The van der Waals surface area contributed by atoms with Crippen LogP contribution in [0.3, 0.4) is 0 Å². The maximum atomic E-state index is 13.8. The summed E-state index contributed by atoms with van der Waals surface area (Å²) in [6.07, 6.45) is 0. The van der Waals surface area contributed by atoms with Gasteiger partial charge in [-0.15, -0.1) is 0 Å². The maximum Gasteiger partial charge on any atom is 0.259 e. The summed E-state index contributed by atoms with van der Waals surface area (Å²) >= 11 is 3.48. The van der Waals surface area contributed by atoms with Gasteiger partial charge in [-0.1, -0.05) is 45.8 Å². The van der Waals surface area contributed by atoms with E-state index in [2.05, 4.69) is 22.0 Å².